The van der Waals surface area contributed by atoms with Gasteiger partial charge in [-0.15, -0.1) is 0 Å². The number of fused-ring (bicyclic) bond motifs is 6. The average molecular weight is 2340 g/mol. The number of para-hydroxylation sites is 2. The van der Waals surface area contributed by atoms with Crippen LogP contribution in [0.5, 0.6) is 0 Å². The Morgan fingerprint density at radius 2 is 0.472 bits per heavy atom. The maximum Gasteiger partial charge on any atom is 2.00 e. The fraction of sp³-hybridized carbons (Fsp3) is 0.0805. The maximum atomic E-state index is 4.39. The number of hydrogen-bond donors (Lipinski definition) is 0. The third-order valence-corrected chi connectivity index (χ3v) is 17.5. The van der Waals surface area contributed by atoms with Crippen LogP contribution in [0.15, 0.2) is 294 Å². The monoisotopic (exact) mass is 2340 g/mol. The average Bonchev–Trinajstić information content (AvgIpc) is 1.70. The molecule has 16 heterocycles. The molecule has 0 bridgehead atoms. The quantitative estimate of drug-likeness (QED) is 0.136. The predicted molar refractivity (Wildman–Crippen MR) is 447 cm³/mol. The van der Waals surface area contributed by atoms with Gasteiger partial charge in [-0.2, -0.15) is 0 Å². The van der Waals surface area contributed by atoms with Crippen molar-refractivity contribution in [2.75, 3.05) is 0 Å². The van der Waals surface area contributed by atoms with Crippen LogP contribution >= 0.6 is 0 Å². The van der Waals surface area contributed by atoms with Crippen LogP contribution in [0.3, 0.4) is 0 Å². The number of aryl methyl sites for hydroxylation is 3. The van der Waals surface area contributed by atoms with E-state index in [1.54, 1.807) is 49.8 Å². The van der Waals surface area contributed by atoms with Crippen LogP contribution in [0.25, 0.3) is 157 Å². The number of rotatable bonds is 8. The zero-order valence-electron chi connectivity index (χ0n) is 65.8. The van der Waals surface area contributed by atoms with Crippen LogP contribution < -0.4 is 40.8 Å². The number of benzene rings is 6. The van der Waals surface area contributed by atoms with Gasteiger partial charge in [-0.25, -0.2) is 79.7 Å². The van der Waals surface area contributed by atoms with Gasteiger partial charge in [-0.1, -0.05) is 200 Å². The van der Waals surface area contributed by atoms with Crippen molar-refractivity contribution in [3.05, 3.63) is 317 Å². The third kappa shape index (κ3) is 22.9. The van der Waals surface area contributed by atoms with Crippen LogP contribution in [-0.2, 0) is 89.7 Å². The van der Waals surface area contributed by atoms with Crippen molar-refractivity contribution in [2.45, 2.75) is 47.0 Å². The molecule has 0 aliphatic heterocycles. The Kier molecular flexibility index (Phi) is 31.9. The van der Waals surface area contributed by atoms with Gasteiger partial charge in [-0.05, 0) is 115 Å². The van der Waals surface area contributed by atoms with E-state index < -0.39 is 0 Å². The van der Waals surface area contributed by atoms with Crippen molar-refractivity contribution in [3.63, 3.8) is 0 Å². The minimum atomic E-state index is 0. The summed E-state index contributed by atoms with van der Waals surface area (Å²) in [5.74, 6) is 0. The number of aromatic nitrogens is 32. The molecule has 0 amide bonds. The number of hydrogen-bond acceptors (Lipinski definition) is 24. The second-order valence-electron chi connectivity index (χ2n) is 26.8. The molecule has 0 atom stereocenters. The van der Waals surface area contributed by atoms with Gasteiger partial charge in [-0.3, -0.25) is 0 Å². The standard InChI is InChI=1S/2C15H9N4.2C11H7N4.C11H13N4.3C8H7N4.4Pt/c2*1-3-7-12-10(5-1)14(17-9-16-12)15-11-6-2-4-8-13(11)18-19-15;2*1-2-4-9-8(3-1)11(15-14-9)10-5-6-12-7-13-10;1-11(2,3)10-6-9(14-15-10)8-4-5-12-7-13-8;3*1-6-4-8(12-11-6)7-2-3-9-5-10-7;;;;/h2*1-9H;2*1-7H;4-7H,1-3H3;3*2-5H,1H3;;;;/q8*-1;4*+2. The molecule has 6 aromatic carbocycles. The van der Waals surface area contributed by atoms with Crippen LogP contribution in [-0.4, -0.2) is 121 Å². The van der Waals surface area contributed by atoms with Crippen molar-refractivity contribution >= 4 is 65.4 Å². The molecule has 0 saturated carbocycles. The Bertz CT molecular complexity index is 6490. The third-order valence-electron chi connectivity index (χ3n) is 17.5. The van der Waals surface area contributed by atoms with E-state index in [2.05, 4.69) is 182 Å². The van der Waals surface area contributed by atoms with Crippen molar-refractivity contribution in [1.82, 2.24) is 161 Å². The Hall–Kier alpha value is -14.0. The van der Waals surface area contributed by atoms with Crippen LogP contribution in [0.4, 0.5) is 0 Å². The Morgan fingerprint density at radius 1 is 0.220 bits per heavy atom. The molecule has 0 spiro atoms. The molecule has 0 aliphatic rings. The molecule has 0 unspecified atom stereocenters. The Labute approximate surface area is 759 Å². The minimum Gasteiger partial charge on any atom is -0.574 e. The normalized spacial score (nSPS) is 10.4. The molecule has 0 saturated heterocycles. The molecular formula is C87H66N32Pt4. The Morgan fingerprint density at radius 3 is 0.740 bits per heavy atom. The van der Waals surface area contributed by atoms with E-state index in [0.29, 0.717) is 0 Å². The van der Waals surface area contributed by atoms with Crippen molar-refractivity contribution in [3.8, 4) is 91.1 Å². The summed E-state index contributed by atoms with van der Waals surface area (Å²) in [7, 11) is 0. The van der Waals surface area contributed by atoms with Crippen LogP contribution in [0, 0.1) is 20.8 Å². The molecule has 36 heteroatoms. The fourth-order valence-corrected chi connectivity index (χ4v) is 11.7. The molecular weight excluding hydrogens is 2270 g/mol. The Balaban J connectivity index is 0.000000137. The molecule has 22 aromatic rings. The summed E-state index contributed by atoms with van der Waals surface area (Å²) in [4.78, 5) is 65.0. The molecule has 614 valence electrons. The van der Waals surface area contributed by atoms with Gasteiger partial charge in [0.2, 0.25) is 0 Å². The molecule has 22 rings (SSSR count). The van der Waals surface area contributed by atoms with Crippen molar-refractivity contribution in [2.24, 2.45) is 0 Å². The molecule has 16 aromatic heterocycles. The zero-order chi connectivity index (χ0) is 81.5. The first-order valence-corrected chi connectivity index (χ1v) is 36.8. The molecule has 0 aliphatic carbocycles. The molecule has 0 fully saturated rings. The summed E-state index contributed by atoms with van der Waals surface area (Å²) in [5, 5.41) is 71.2. The van der Waals surface area contributed by atoms with E-state index in [0.717, 1.165) is 179 Å². The second kappa shape index (κ2) is 43.8. The molecule has 123 heavy (non-hydrogen) atoms. The van der Waals surface area contributed by atoms with Crippen molar-refractivity contribution in [1.29, 1.82) is 0 Å². The number of nitrogens with zero attached hydrogens (tertiary/aromatic N) is 32. The van der Waals surface area contributed by atoms with Gasteiger partial charge in [0.1, 0.15) is 50.6 Å². The molecule has 0 radical (unpaired) electrons. The summed E-state index contributed by atoms with van der Waals surface area (Å²) in [6, 6.07) is 65.9. The largest absolute Gasteiger partial charge is 2.00 e. The molecule has 0 N–H and O–H groups in total. The van der Waals surface area contributed by atoms with Gasteiger partial charge >= 0.3 is 84.3 Å². The fourth-order valence-electron chi connectivity index (χ4n) is 11.7. The molecule has 32 nitrogen and oxygen atoms in total. The van der Waals surface area contributed by atoms with Crippen molar-refractivity contribution < 1.29 is 84.3 Å². The van der Waals surface area contributed by atoms with E-state index in [4.69, 9.17) is 0 Å². The zero-order valence-corrected chi connectivity index (χ0v) is 74.9. The SMILES string of the molecule is CC(C)(C)c1cc(-c2ccncn2)[n-]n1.Cc1cc(-c2ccncn2)[n-]n1.Cc1cc(-c2ccncn2)[n-]n1.Cc1cc(-c2ccncn2)[n-]n1.[Pt+2].[Pt+2].[Pt+2].[Pt+2].c1ccc2c(-c3[n-]nc4ccccc34)ncnc2c1.c1ccc2c(-c3[n-]nc4ccccc34)ncnc2c1.c1ccc2c(-c3ccncn3)[n-]nc2c1.c1ccc2c(-c3ccncn3)[n-]nc2c1. The van der Waals surface area contributed by atoms with Crippen LogP contribution in [0.2, 0.25) is 0 Å². The summed E-state index contributed by atoms with van der Waals surface area (Å²) in [6.45, 7) is 12.0. The smallest absolute Gasteiger partial charge is 0.574 e. The first kappa shape index (κ1) is 89.7. The first-order valence-electron chi connectivity index (χ1n) is 36.8. The summed E-state index contributed by atoms with van der Waals surface area (Å²) >= 11 is 0. The van der Waals surface area contributed by atoms with Gasteiger partial charge < -0.3 is 81.6 Å². The van der Waals surface area contributed by atoms with Gasteiger partial charge in [0.05, 0.1) is 56.6 Å². The van der Waals surface area contributed by atoms with Gasteiger partial charge in [0.25, 0.3) is 0 Å². The summed E-state index contributed by atoms with van der Waals surface area (Å²) in [6.07, 6.45) is 22.3. The topological polar surface area (TPSA) is 422 Å². The van der Waals surface area contributed by atoms with Gasteiger partial charge in [0, 0.05) is 98.2 Å². The predicted octanol–water partition coefficient (Wildman–Crippen LogP) is 13.1. The minimum absolute atomic E-state index is 0. The van der Waals surface area contributed by atoms with E-state index >= 15 is 0 Å². The van der Waals surface area contributed by atoms with Crippen LogP contribution in [0.1, 0.15) is 43.5 Å². The summed E-state index contributed by atoms with van der Waals surface area (Å²) in [5.41, 5.74) is 22.1. The second-order valence-corrected chi connectivity index (χ2v) is 26.8. The van der Waals surface area contributed by atoms with E-state index in [-0.39, 0.29) is 89.7 Å². The van der Waals surface area contributed by atoms with E-state index in [1.807, 2.05) is 227 Å². The summed E-state index contributed by atoms with van der Waals surface area (Å²) < 4.78 is 0. The van der Waals surface area contributed by atoms with Gasteiger partial charge in [0.15, 0.2) is 0 Å². The maximum absolute atomic E-state index is 4.39. The van der Waals surface area contributed by atoms with E-state index in [9.17, 15) is 0 Å². The first-order chi connectivity index (χ1) is 58.4. The van der Waals surface area contributed by atoms with E-state index in [1.165, 1.54) is 38.0 Å².